The monoisotopic (exact) mass is 217 g/mol. The van der Waals surface area contributed by atoms with Crippen LogP contribution in [0.2, 0.25) is 0 Å². The SMILES string of the molecule is Cc1cnc(N(C)Cc2ccco2)c(N)c1. The summed E-state index contributed by atoms with van der Waals surface area (Å²) < 4.78 is 5.28. The molecule has 0 amide bonds. The Morgan fingerprint density at radius 2 is 2.31 bits per heavy atom. The molecule has 0 aliphatic rings. The van der Waals surface area contributed by atoms with Gasteiger partial charge in [0.15, 0.2) is 5.82 Å². The molecule has 0 radical (unpaired) electrons. The number of nitrogens with zero attached hydrogens (tertiary/aromatic N) is 2. The molecule has 0 atom stereocenters. The van der Waals surface area contributed by atoms with Gasteiger partial charge in [-0.25, -0.2) is 4.98 Å². The van der Waals surface area contributed by atoms with Crippen molar-refractivity contribution in [1.82, 2.24) is 4.98 Å². The number of hydrogen-bond acceptors (Lipinski definition) is 4. The van der Waals surface area contributed by atoms with Gasteiger partial charge in [0.1, 0.15) is 5.76 Å². The zero-order chi connectivity index (χ0) is 11.5. The van der Waals surface area contributed by atoms with E-state index in [0.717, 1.165) is 17.1 Å². The second kappa shape index (κ2) is 4.26. The lowest BCUT2D eigenvalue weighted by Crippen LogP contribution is -2.18. The van der Waals surface area contributed by atoms with Gasteiger partial charge in [0, 0.05) is 13.2 Å². The minimum atomic E-state index is 0.660. The minimum Gasteiger partial charge on any atom is -0.467 e. The Bertz CT molecular complexity index is 465. The fraction of sp³-hybridized carbons (Fsp3) is 0.250. The van der Waals surface area contributed by atoms with Gasteiger partial charge < -0.3 is 15.1 Å². The highest BCUT2D eigenvalue weighted by molar-refractivity contribution is 5.62. The van der Waals surface area contributed by atoms with Gasteiger partial charge in [-0.1, -0.05) is 0 Å². The molecule has 0 saturated carbocycles. The van der Waals surface area contributed by atoms with E-state index in [1.807, 2.05) is 43.3 Å². The number of pyridine rings is 1. The second-order valence-corrected chi connectivity index (χ2v) is 3.86. The molecular formula is C12H15N3O. The Morgan fingerprint density at radius 1 is 1.50 bits per heavy atom. The van der Waals surface area contributed by atoms with Crippen LogP contribution in [-0.2, 0) is 6.54 Å². The lowest BCUT2D eigenvalue weighted by Gasteiger charge is -2.18. The first kappa shape index (κ1) is 10.5. The maximum Gasteiger partial charge on any atom is 0.151 e. The normalized spacial score (nSPS) is 10.4. The number of rotatable bonds is 3. The molecule has 2 N–H and O–H groups in total. The lowest BCUT2D eigenvalue weighted by atomic mass is 10.2. The van der Waals surface area contributed by atoms with E-state index in [2.05, 4.69) is 4.98 Å². The Kier molecular flexibility index (Phi) is 2.81. The first-order chi connectivity index (χ1) is 7.66. The van der Waals surface area contributed by atoms with Crippen molar-refractivity contribution in [3.8, 4) is 0 Å². The van der Waals surface area contributed by atoms with Crippen LogP contribution in [0.25, 0.3) is 0 Å². The molecule has 16 heavy (non-hydrogen) atoms. The fourth-order valence-electron chi connectivity index (χ4n) is 1.61. The molecule has 2 aromatic heterocycles. The van der Waals surface area contributed by atoms with Crippen molar-refractivity contribution in [1.29, 1.82) is 0 Å². The van der Waals surface area contributed by atoms with Crippen molar-refractivity contribution in [2.45, 2.75) is 13.5 Å². The largest absolute Gasteiger partial charge is 0.467 e. The molecule has 2 heterocycles. The summed E-state index contributed by atoms with van der Waals surface area (Å²) in [6, 6.07) is 5.72. The summed E-state index contributed by atoms with van der Waals surface area (Å²) in [5, 5.41) is 0. The predicted octanol–water partition coefficient (Wildman–Crippen LogP) is 2.20. The van der Waals surface area contributed by atoms with Crippen LogP contribution in [0.5, 0.6) is 0 Å². The van der Waals surface area contributed by atoms with E-state index in [4.69, 9.17) is 10.2 Å². The summed E-state index contributed by atoms with van der Waals surface area (Å²) in [7, 11) is 1.94. The molecule has 0 aliphatic heterocycles. The average molecular weight is 217 g/mol. The number of nitrogen functional groups attached to an aromatic ring is 1. The van der Waals surface area contributed by atoms with E-state index in [1.165, 1.54) is 0 Å². The van der Waals surface area contributed by atoms with Crippen molar-refractivity contribution in [2.24, 2.45) is 0 Å². The van der Waals surface area contributed by atoms with Crippen LogP contribution in [0, 0.1) is 6.92 Å². The molecule has 2 aromatic rings. The van der Waals surface area contributed by atoms with Crippen molar-refractivity contribution in [3.63, 3.8) is 0 Å². The van der Waals surface area contributed by atoms with Crippen molar-refractivity contribution in [3.05, 3.63) is 42.0 Å². The maximum absolute atomic E-state index is 5.92. The van der Waals surface area contributed by atoms with E-state index in [0.29, 0.717) is 12.2 Å². The van der Waals surface area contributed by atoms with Crippen LogP contribution in [0.1, 0.15) is 11.3 Å². The van der Waals surface area contributed by atoms with Crippen LogP contribution in [0.4, 0.5) is 11.5 Å². The fourth-order valence-corrected chi connectivity index (χ4v) is 1.61. The number of hydrogen-bond donors (Lipinski definition) is 1. The topological polar surface area (TPSA) is 55.3 Å². The zero-order valence-corrected chi connectivity index (χ0v) is 9.47. The summed E-state index contributed by atoms with van der Waals surface area (Å²) in [6.07, 6.45) is 3.47. The maximum atomic E-state index is 5.92. The molecule has 0 aliphatic carbocycles. The van der Waals surface area contributed by atoms with E-state index in [9.17, 15) is 0 Å². The van der Waals surface area contributed by atoms with Gasteiger partial charge in [0.25, 0.3) is 0 Å². The standard InChI is InChI=1S/C12H15N3O/c1-9-6-11(13)12(14-7-9)15(2)8-10-4-3-5-16-10/h3-7H,8,13H2,1-2H3. The summed E-state index contributed by atoms with van der Waals surface area (Å²) in [5.41, 5.74) is 7.67. The zero-order valence-electron chi connectivity index (χ0n) is 9.47. The van der Waals surface area contributed by atoms with Crippen molar-refractivity contribution in [2.75, 3.05) is 17.7 Å². The van der Waals surface area contributed by atoms with E-state index in [-0.39, 0.29) is 0 Å². The van der Waals surface area contributed by atoms with Crippen molar-refractivity contribution < 1.29 is 4.42 Å². The summed E-state index contributed by atoms with van der Waals surface area (Å²) >= 11 is 0. The van der Waals surface area contributed by atoms with E-state index >= 15 is 0 Å². The smallest absolute Gasteiger partial charge is 0.151 e. The third kappa shape index (κ3) is 2.16. The first-order valence-corrected chi connectivity index (χ1v) is 5.12. The van der Waals surface area contributed by atoms with Gasteiger partial charge in [0.2, 0.25) is 0 Å². The molecule has 2 rings (SSSR count). The van der Waals surface area contributed by atoms with Gasteiger partial charge >= 0.3 is 0 Å². The Morgan fingerprint density at radius 3 is 2.94 bits per heavy atom. The molecule has 0 saturated heterocycles. The molecule has 0 aromatic carbocycles. The third-order valence-electron chi connectivity index (χ3n) is 2.37. The van der Waals surface area contributed by atoms with Crippen LogP contribution in [0.3, 0.4) is 0 Å². The van der Waals surface area contributed by atoms with Gasteiger partial charge in [0.05, 0.1) is 18.5 Å². The van der Waals surface area contributed by atoms with Crippen molar-refractivity contribution >= 4 is 11.5 Å². The quantitative estimate of drug-likeness (QED) is 0.856. The highest BCUT2D eigenvalue weighted by atomic mass is 16.3. The molecule has 84 valence electrons. The molecule has 0 bridgehead atoms. The molecule has 0 unspecified atom stereocenters. The van der Waals surface area contributed by atoms with Gasteiger partial charge in [-0.05, 0) is 30.7 Å². The lowest BCUT2D eigenvalue weighted by molar-refractivity contribution is 0.507. The van der Waals surface area contributed by atoms with E-state index in [1.54, 1.807) is 6.26 Å². The van der Waals surface area contributed by atoms with Crippen LogP contribution < -0.4 is 10.6 Å². The van der Waals surface area contributed by atoms with Crippen LogP contribution in [0.15, 0.2) is 35.1 Å². The van der Waals surface area contributed by atoms with Gasteiger partial charge in [-0.3, -0.25) is 0 Å². The first-order valence-electron chi connectivity index (χ1n) is 5.12. The minimum absolute atomic E-state index is 0.660. The Balaban J connectivity index is 2.17. The molecule has 0 fully saturated rings. The molecule has 0 spiro atoms. The van der Waals surface area contributed by atoms with Gasteiger partial charge in [-0.15, -0.1) is 0 Å². The number of nitrogens with two attached hydrogens (primary N) is 1. The predicted molar refractivity (Wildman–Crippen MR) is 64.2 cm³/mol. The molecule has 4 heteroatoms. The summed E-state index contributed by atoms with van der Waals surface area (Å²) in [6.45, 7) is 2.63. The van der Waals surface area contributed by atoms with E-state index < -0.39 is 0 Å². The van der Waals surface area contributed by atoms with Crippen LogP contribution in [-0.4, -0.2) is 12.0 Å². The molecular weight excluding hydrogens is 202 g/mol. The Hall–Kier alpha value is -1.97. The van der Waals surface area contributed by atoms with Gasteiger partial charge in [-0.2, -0.15) is 0 Å². The number of aryl methyl sites for hydroxylation is 1. The third-order valence-corrected chi connectivity index (χ3v) is 2.37. The molecule has 4 nitrogen and oxygen atoms in total. The summed E-state index contributed by atoms with van der Waals surface area (Å²) in [4.78, 5) is 6.28. The second-order valence-electron chi connectivity index (χ2n) is 3.86. The van der Waals surface area contributed by atoms with Crippen LogP contribution >= 0.6 is 0 Å². The number of furan rings is 1. The summed E-state index contributed by atoms with van der Waals surface area (Å²) in [5.74, 6) is 1.67. The number of anilines is 2. The number of aromatic nitrogens is 1. The highest BCUT2D eigenvalue weighted by Crippen LogP contribution is 2.21. The Labute approximate surface area is 94.7 Å². The average Bonchev–Trinajstić information content (AvgIpc) is 2.70. The highest BCUT2D eigenvalue weighted by Gasteiger charge is 2.08.